The van der Waals surface area contributed by atoms with Crippen LogP contribution in [-0.4, -0.2) is 18.1 Å². The first-order valence-electron chi connectivity index (χ1n) is 9.06. The molecule has 1 heterocycles. The number of nitrogens with zero attached hydrogens (tertiary/aromatic N) is 2. The molecule has 0 amide bonds. The quantitative estimate of drug-likeness (QED) is 0.504. The number of hydrogen-bond acceptors (Lipinski definition) is 2. The van der Waals surface area contributed by atoms with E-state index in [9.17, 15) is 0 Å². The maximum Gasteiger partial charge on any atom is 0.0785 e. The summed E-state index contributed by atoms with van der Waals surface area (Å²) in [5, 5.41) is 3.22. The lowest BCUT2D eigenvalue weighted by Gasteiger charge is -2.27. The Morgan fingerprint density at radius 2 is 1.48 bits per heavy atom. The predicted octanol–water partition coefficient (Wildman–Crippen LogP) is 6.49. The van der Waals surface area contributed by atoms with Crippen LogP contribution in [0.3, 0.4) is 0 Å². The van der Waals surface area contributed by atoms with Crippen molar-refractivity contribution in [2.24, 2.45) is 0 Å². The summed E-state index contributed by atoms with van der Waals surface area (Å²) < 4.78 is 0. The second kappa shape index (κ2) is 7.88. The van der Waals surface area contributed by atoms with Crippen molar-refractivity contribution >= 4 is 28.1 Å². The van der Waals surface area contributed by atoms with Gasteiger partial charge in [0, 0.05) is 34.4 Å². The highest BCUT2D eigenvalue weighted by Gasteiger charge is 2.16. The molecule has 0 bridgehead atoms. The number of pyridine rings is 1. The van der Waals surface area contributed by atoms with E-state index in [1.807, 2.05) is 24.3 Å². The Kier molecular flexibility index (Phi) is 5.60. The molecule has 2 aromatic carbocycles. The van der Waals surface area contributed by atoms with Gasteiger partial charge in [0.15, 0.2) is 0 Å². The van der Waals surface area contributed by atoms with Gasteiger partial charge in [-0.25, -0.2) is 0 Å². The Balaban J connectivity index is 2.23. The molecule has 0 saturated heterocycles. The third kappa shape index (κ3) is 3.64. The van der Waals surface area contributed by atoms with Gasteiger partial charge in [-0.15, -0.1) is 0 Å². The fraction of sp³-hybridized carbons (Fsp3) is 0.318. The molecule has 0 N–H and O–H groups in total. The number of aryl methyl sites for hydroxylation is 1. The molecule has 0 radical (unpaired) electrons. The van der Waals surface area contributed by atoms with E-state index >= 15 is 0 Å². The molecule has 0 saturated carbocycles. The third-order valence-electron chi connectivity index (χ3n) is 4.48. The summed E-state index contributed by atoms with van der Waals surface area (Å²) in [6.07, 6.45) is 2.26. The normalized spacial score (nSPS) is 11.0. The first-order valence-corrected chi connectivity index (χ1v) is 9.43. The zero-order valence-corrected chi connectivity index (χ0v) is 16.0. The second-order valence-corrected chi connectivity index (χ2v) is 6.87. The van der Waals surface area contributed by atoms with Gasteiger partial charge in [-0.05, 0) is 31.9 Å². The highest BCUT2D eigenvalue weighted by molar-refractivity contribution is 6.30. The zero-order valence-electron chi connectivity index (χ0n) is 15.2. The van der Waals surface area contributed by atoms with Crippen LogP contribution in [0.4, 0.5) is 5.69 Å². The number of halogens is 1. The average Bonchev–Trinajstić information content (AvgIpc) is 2.62. The van der Waals surface area contributed by atoms with E-state index in [4.69, 9.17) is 16.6 Å². The van der Waals surface area contributed by atoms with Gasteiger partial charge in [-0.1, -0.05) is 61.8 Å². The molecule has 2 nitrogen and oxygen atoms in total. The van der Waals surface area contributed by atoms with Crippen molar-refractivity contribution < 1.29 is 0 Å². The van der Waals surface area contributed by atoms with Crippen molar-refractivity contribution in [2.75, 3.05) is 18.0 Å². The molecule has 1 aromatic heterocycles. The fourth-order valence-corrected chi connectivity index (χ4v) is 3.60. The van der Waals surface area contributed by atoms with Crippen LogP contribution in [0, 0.1) is 6.92 Å². The highest BCUT2D eigenvalue weighted by atomic mass is 35.5. The van der Waals surface area contributed by atoms with Crippen LogP contribution in [0.5, 0.6) is 0 Å². The first kappa shape index (κ1) is 17.8. The van der Waals surface area contributed by atoms with Gasteiger partial charge >= 0.3 is 0 Å². The number of benzene rings is 2. The summed E-state index contributed by atoms with van der Waals surface area (Å²) in [5.41, 5.74) is 4.50. The highest BCUT2D eigenvalue weighted by Crippen LogP contribution is 2.36. The molecule has 25 heavy (non-hydrogen) atoms. The Hall–Kier alpha value is -2.06. The van der Waals surface area contributed by atoms with Gasteiger partial charge < -0.3 is 4.90 Å². The molecule has 3 heteroatoms. The zero-order chi connectivity index (χ0) is 17.8. The minimum Gasteiger partial charge on any atom is -0.370 e. The lowest BCUT2D eigenvalue weighted by Crippen LogP contribution is -2.26. The molecule has 130 valence electrons. The number of aromatic nitrogens is 1. The van der Waals surface area contributed by atoms with Crippen LogP contribution < -0.4 is 4.90 Å². The minimum absolute atomic E-state index is 0.749. The summed E-state index contributed by atoms with van der Waals surface area (Å²) in [6, 6.07) is 16.5. The summed E-state index contributed by atoms with van der Waals surface area (Å²) >= 11 is 6.06. The monoisotopic (exact) mass is 352 g/mol. The Labute approximate surface area is 155 Å². The van der Waals surface area contributed by atoms with Crippen molar-refractivity contribution in [3.63, 3.8) is 0 Å². The van der Waals surface area contributed by atoms with Gasteiger partial charge in [0.1, 0.15) is 0 Å². The molecule has 0 unspecified atom stereocenters. The molecule has 0 aliphatic carbocycles. The number of anilines is 1. The van der Waals surface area contributed by atoms with Gasteiger partial charge in [-0.3, -0.25) is 4.98 Å². The maximum atomic E-state index is 6.06. The fourth-order valence-electron chi connectivity index (χ4n) is 3.47. The van der Waals surface area contributed by atoms with E-state index in [1.165, 1.54) is 16.5 Å². The topological polar surface area (TPSA) is 16.1 Å². The van der Waals surface area contributed by atoms with Gasteiger partial charge in [0.25, 0.3) is 0 Å². The van der Waals surface area contributed by atoms with E-state index in [1.54, 1.807) is 0 Å². The van der Waals surface area contributed by atoms with Gasteiger partial charge in [-0.2, -0.15) is 0 Å². The summed E-state index contributed by atoms with van der Waals surface area (Å²) in [7, 11) is 0. The van der Waals surface area contributed by atoms with Crippen molar-refractivity contribution in [3.8, 4) is 11.3 Å². The molecule has 0 aliphatic rings. The molecule has 3 rings (SSSR count). The third-order valence-corrected chi connectivity index (χ3v) is 4.73. The van der Waals surface area contributed by atoms with Crippen molar-refractivity contribution in [2.45, 2.75) is 33.6 Å². The van der Waals surface area contributed by atoms with Crippen molar-refractivity contribution in [1.82, 2.24) is 4.98 Å². The van der Waals surface area contributed by atoms with Crippen LogP contribution in [0.25, 0.3) is 22.0 Å². The number of hydrogen-bond donors (Lipinski definition) is 0. The SMILES string of the molecule is CCCN(CCC)c1c(C)nc(-c2ccc(Cl)cc2)c2ccccc12. The lowest BCUT2D eigenvalue weighted by atomic mass is 10.0. The smallest absolute Gasteiger partial charge is 0.0785 e. The van der Waals surface area contributed by atoms with Crippen LogP contribution >= 0.6 is 11.6 Å². The molecule has 0 atom stereocenters. The first-order chi connectivity index (χ1) is 12.2. The number of fused-ring (bicyclic) bond motifs is 1. The Morgan fingerprint density at radius 3 is 2.08 bits per heavy atom. The van der Waals surface area contributed by atoms with E-state index in [0.29, 0.717) is 0 Å². The summed E-state index contributed by atoms with van der Waals surface area (Å²) in [6.45, 7) is 8.70. The van der Waals surface area contributed by atoms with Crippen LogP contribution in [0.1, 0.15) is 32.4 Å². The van der Waals surface area contributed by atoms with Gasteiger partial charge in [0.05, 0.1) is 17.1 Å². The maximum absolute atomic E-state index is 6.06. The van der Waals surface area contributed by atoms with E-state index in [2.05, 4.69) is 49.9 Å². The summed E-state index contributed by atoms with van der Waals surface area (Å²) in [5.74, 6) is 0. The molecule has 3 aromatic rings. The standard InChI is InChI=1S/C22H25ClN2/c1-4-14-25(15-5-2)22-16(3)24-21(17-10-12-18(23)13-11-17)19-8-6-7-9-20(19)22/h6-13H,4-5,14-15H2,1-3H3. The predicted molar refractivity (Wildman–Crippen MR) is 110 cm³/mol. The Bertz CT molecular complexity index is 850. The minimum atomic E-state index is 0.749. The van der Waals surface area contributed by atoms with E-state index in [0.717, 1.165) is 47.9 Å². The second-order valence-electron chi connectivity index (χ2n) is 6.43. The van der Waals surface area contributed by atoms with E-state index in [-0.39, 0.29) is 0 Å². The molecule has 0 aliphatic heterocycles. The molecule has 0 spiro atoms. The van der Waals surface area contributed by atoms with Crippen LogP contribution in [-0.2, 0) is 0 Å². The molecule has 0 fully saturated rings. The van der Waals surface area contributed by atoms with E-state index < -0.39 is 0 Å². The molecular formula is C22H25ClN2. The van der Waals surface area contributed by atoms with Gasteiger partial charge in [0.2, 0.25) is 0 Å². The van der Waals surface area contributed by atoms with Crippen molar-refractivity contribution in [1.29, 1.82) is 0 Å². The van der Waals surface area contributed by atoms with Crippen molar-refractivity contribution in [3.05, 3.63) is 59.2 Å². The Morgan fingerprint density at radius 1 is 0.880 bits per heavy atom. The van der Waals surface area contributed by atoms with Crippen LogP contribution in [0.2, 0.25) is 5.02 Å². The van der Waals surface area contributed by atoms with Crippen LogP contribution in [0.15, 0.2) is 48.5 Å². The number of rotatable bonds is 6. The average molecular weight is 353 g/mol. The largest absolute Gasteiger partial charge is 0.370 e. The lowest BCUT2D eigenvalue weighted by molar-refractivity contribution is 0.743. The molecular weight excluding hydrogens is 328 g/mol. The summed E-state index contributed by atoms with van der Waals surface area (Å²) in [4.78, 5) is 7.48.